The molecule has 0 aliphatic rings. The molecule has 0 radical (unpaired) electrons. The van der Waals surface area contributed by atoms with Gasteiger partial charge in [-0.25, -0.2) is 4.98 Å². The molecule has 5 nitrogen and oxygen atoms in total. The van der Waals surface area contributed by atoms with Crippen molar-refractivity contribution in [3.63, 3.8) is 0 Å². The van der Waals surface area contributed by atoms with E-state index >= 15 is 0 Å². The van der Waals surface area contributed by atoms with Crippen molar-refractivity contribution < 1.29 is 4.74 Å². The van der Waals surface area contributed by atoms with Crippen LogP contribution in [0, 0.1) is 0 Å². The van der Waals surface area contributed by atoms with E-state index in [1.807, 2.05) is 60.7 Å². The van der Waals surface area contributed by atoms with Crippen LogP contribution >= 0.6 is 0 Å². The molecule has 5 heteroatoms. The predicted octanol–water partition coefficient (Wildman–Crippen LogP) is 5.62. The van der Waals surface area contributed by atoms with Crippen molar-refractivity contribution in [3.8, 4) is 11.6 Å². The first-order valence-corrected chi connectivity index (χ1v) is 9.98. The van der Waals surface area contributed by atoms with E-state index in [-0.39, 0.29) is 6.04 Å². The molecule has 0 saturated heterocycles. The molecule has 1 aromatic heterocycles. The van der Waals surface area contributed by atoms with Crippen LogP contribution in [0.5, 0.6) is 11.6 Å². The first kappa shape index (κ1) is 19.5. The van der Waals surface area contributed by atoms with Gasteiger partial charge in [0.2, 0.25) is 5.88 Å². The molecule has 0 aliphatic carbocycles. The minimum absolute atomic E-state index is 0.110. The molecule has 4 aromatic rings. The van der Waals surface area contributed by atoms with Crippen LogP contribution in [0.3, 0.4) is 0 Å². The largest absolute Gasteiger partial charge is 0.437 e. The molecule has 4 rings (SSSR count). The molecule has 0 unspecified atom stereocenters. The Morgan fingerprint density at radius 2 is 1.43 bits per heavy atom. The van der Waals surface area contributed by atoms with E-state index in [4.69, 9.17) is 10.5 Å². The van der Waals surface area contributed by atoms with Gasteiger partial charge in [0.1, 0.15) is 17.8 Å². The van der Waals surface area contributed by atoms with E-state index in [0.29, 0.717) is 23.1 Å². The van der Waals surface area contributed by atoms with Gasteiger partial charge < -0.3 is 15.8 Å². The number of ether oxygens (including phenoxy) is 1. The zero-order valence-corrected chi connectivity index (χ0v) is 16.8. The number of anilines is 2. The summed E-state index contributed by atoms with van der Waals surface area (Å²) >= 11 is 0. The Bertz CT molecular complexity index is 1040. The van der Waals surface area contributed by atoms with E-state index in [2.05, 4.69) is 46.5 Å². The first-order valence-electron chi connectivity index (χ1n) is 9.98. The van der Waals surface area contributed by atoms with Gasteiger partial charge in [0.15, 0.2) is 5.82 Å². The fraction of sp³-hybridized carbons (Fsp3) is 0.120. The Labute approximate surface area is 176 Å². The second-order valence-electron chi connectivity index (χ2n) is 6.94. The molecule has 150 valence electrons. The molecule has 0 amide bonds. The van der Waals surface area contributed by atoms with Gasteiger partial charge in [0.25, 0.3) is 0 Å². The summed E-state index contributed by atoms with van der Waals surface area (Å²) in [7, 11) is 0. The quantitative estimate of drug-likeness (QED) is 0.424. The van der Waals surface area contributed by atoms with Crippen LogP contribution in [0.4, 0.5) is 11.5 Å². The van der Waals surface area contributed by atoms with Crippen molar-refractivity contribution >= 4 is 11.5 Å². The summed E-state index contributed by atoms with van der Waals surface area (Å²) in [6, 6.07) is 28.2. The third kappa shape index (κ3) is 4.41. The van der Waals surface area contributed by atoms with Crippen LogP contribution in [0.1, 0.15) is 29.7 Å². The molecular weight excluding hydrogens is 372 g/mol. The molecule has 0 bridgehead atoms. The topological polar surface area (TPSA) is 73.1 Å². The van der Waals surface area contributed by atoms with Crippen LogP contribution in [0.2, 0.25) is 0 Å². The van der Waals surface area contributed by atoms with Crippen molar-refractivity contribution in [1.82, 2.24) is 9.97 Å². The molecule has 1 heterocycles. The molecule has 0 aliphatic heterocycles. The number of nitrogens with two attached hydrogens (primary N) is 1. The SMILES string of the molecule is CCc1ccc(Oc2ncnc(NC(c3ccccc3)c3ccccc3)c2N)cc1. The number of nitrogen functional groups attached to an aromatic ring is 1. The van der Waals surface area contributed by atoms with Crippen LogP contribution < -0.4 is 15.8 Å². The number of nitrogens with zero attached hydrogens (tertiary/aromatic N) is 2. The van der Waals surface area contributed by atoms with Crippen molar-refractivity contribution in [1.29, 1.82) is 0 Å². The maximum Gasteiger partial charge on any atom is 0.248 e. The molecule has 0 atom stereocenters. The van der Waals surface area contributed by atoms with E-state index in [0.717, 1.165) is 17.5 Å². The summed E-state index contributed by atoms with van der Waals surface area (Å²) in [4.78, 5) is 8.60. The summed E-state index contributed by atoms with van der Waals surface area (Å²) in [5, 5.41) is 3.47. The number of aromatic nitrogens is 2. The Morgan fingerprint density at radius 3 is 2.00 bits per heavy atom. The van der Waals surface area contributed by atoms with Crippen LogP contribution in [-0.2, 0) is 6.42 Å². The maximum atomic E-state index is 6.38. The van der Waals surface area contributed by atoms with Gasteiger partial charge in [-0.15, -0.1) is 0 Å². The monoisotopic (exact) mass is 396 g/mol. The second kappa shape index (κ2) is 9.09. The van der Waals surface area contributed by atoms with Gasteiger partial charge in [0.05, 0.1) is 6.04 Å². The van der Waals surface area contributed by atoms with Gasteiger partial charge in [-0.1, -0.05) is 79.7 Å². The van der Waals surface area contributed by atoms with Gasteiger partial charge in [-0.3, -0.25) is 0 Å². The highest BCUT2D eigenvalue weighted by Gasteiger charge is 2.18. The fourth-order valence-electron chi connectivity index (χ4n) is 3.27. The Balaban J connectivity index is 1.63. The number of rotatable bonds is 7. The van der Waals surface area contributed by atoms with Crippen molar-refractivity contribution in [3.05, 3.63) is 108 Å². The average Bonchev–Trinajstić information content (AvgIpc) is 2.81. The van der Waals surface area contributed by atoms with E-state index in [9.17, 15) is 0 Å². The molecule has 0 spiro atoms. The van der Waals surface area contributed by atoms with Crippen molar-refractivity contribution in [2.75, 3.05) is 11.1 Å². The normalized spacial score (nSPS) is 10.7. The van der Waals surface area contributed by atoms with Gasteiger partial charge >= 0.3 is 0 Å². The standard InChI is InChI=1S/C25H24N4O/c1-2-18-13-15-21(16-14-18)30-25-22(26)24(27-17-28-25)29-23(19-9-5-3-6-10-19)20-11-7-4-8-12-20/h3-17,23H,2,26H2,1H3,(H,27,28,29). The van der Waals surface area contributed by atoms with Crippen LogP contribution in [0.25, 0.3) is 0 Å². The Morgan fingerprint density at radius 1 is 0.833 bits per heavy atom. The van der Waals surface area contributed by atoms with E-state index in [1.165, 1.54) is 11.9 Å². The summed E-state index contributed by atoms with van der Waals surface area (Å²) < 4.78 is 5.93. The highest BCUT2D eigenvalue weighted by Crippen LogP contribution is 2.33. The third-order valence-corrected chi connectivity index (χ3v) is 4.94. The average molecular weight is 396 g/mol. The fourth-order valence-corrected chi connectivity index (χ4v) is 3.27. The summed E-state index contributed by atoms with van der Waals surface area (Å²) in [6.07, 6.45) is 2.44. The molecule has 0 fully saturated rings. The lowest BCUT2D eigenvalue weighted by Crippen LogP contribution is -2.15. The number of hydrogen-bond donors (Lipinski definition) is 2. The third-order valence-electron chi connectivity index (χ3n) is 4.94. The number of aryl methyl sites for hydroxylation is 1. The van der Waals surface area contributed by atoms with E-state index < -0.39 is 0 Å². The van der Waals surface area contributed by atoms with Crippen LogP contribution in [0.15, 0.2) is 91.3 Å². The first-order chi connectivity index (χ1) is 14.7. The number of nitrogens with one attached hydrogen (secondary N) is 1. The summed E-state index contributed by atoms with van der Waals surface area (Å²) in [5.41, 5.74) is 10.2. The Hall–Kier alpha value is -3.86. The lowest BCUT2D eigenvalue weighted by Gasteiger charge is -2.21. The highest BCUT2D eigenvalue weighted by molar-refractivity contribution is 5.68. The number of benzene rings is 3. The summed E-state index contributed by atoms with van der Waals surface area (Å²) in [5.74, 6) is 1.55. The molecule has 3 aromatic carbocycles. The highest BCUT2D eigenvalue weighted by atomic mass is 16.5. The lowest BCUT2D eigenvalue weighted by molar-refractivity contribution is 0.464. The zero-order valence-electron chi connectivity index (χ0n) is 16.8. The Kier molecular flexibility index (Phi) is 5.90. The molecule has 30 heavy (non-hydrogen) atoms. The smallest absolute Gasteiger partial charge is 0.248 e. The van der Waals surface area contributed by atoms with E-state index in [1.54, 1.807) is 0 Å². The number of hydrogen-bond acceptors (Lipinski definition) is 5. The maximum absolute atomic E-state index is 6.38. The van der Waals surface area contributed by atoms with Gasteiger partial charge in [-0.05, 0) is 35.2 Å². The molecular formula is C25H24N4O. The predicted molar refractivity (Wildman–Crippen MR) is 121 cm³/mol. The minimum Gasteiger partial charge on any atom is -0.437 e. The zero-order chi connectivity index (χ0) is 20.8. The van der Waals surface area contributed by atoms with Crippen molar-refractivity contribution in [2.45, 2.75) is 19.4 Å². The molecule has 0 saturated carbocycles. The van der Waals surface area contributed by atoms with Gasteiger partial charge in [0, 0.05) is 0 Å². The lowest BCUT2D eigenvalue weighted by atomic mass is 9.99. The second-order valence-corrected chi connectivity index (χ2v) is 6.94. The van der Waals surface area contributed by atoms with Crippen molar-refractivity contribution in [2.24, 2.45) is 0 Å². The summed E-state index contributed by atoms with van der Waals surface area (Å²) in [6.45, 7) is 2.12. The van der Waals surface area contributed by atoms with Crippen LogP contribution in [-0.4, -0.2) is 9.97 Å². The van der Waals surface area contributed by atoms with Gasteiger partial charge in [-0.2, -0.15) is 4.98 Å². The minimum atomic E-state index is -0.110. The molecule has 3 N–H and O–H groups in total.